The van der Waals surface area contributed by atoms with Gasteiger partial charge in [0.25, 0.3) is 0 Å². The Hall–Kier alpha value is -3.24. The van der Waals surface area contributed by atoms with Crippen LogP contribution in [0.5, 0.6) is 0 Å². The van der Waals surface area contributed by atoms with Gasteiger partial charge < -0.3 is 38.7 Å². The molecule has 0 aromatic rings. The van der Waals surface area contributed by atoms with Crippen LogP contribution in [0.4, 0.5) is 0 Å². The zero-order chi connectivity index (χ0) is 60.9. The van der Waals surface area contributed by atoms with Crippen molar-refractivity contribution in [3.63, 3.8) is 0 Å². The van der Waals surface area contributed by atoms with Gasteiger partial charge in [0.15, 0.2) is 0 Å². The Kier molecular flexibility index (Phi) is 16.2. The van der Waals surface area contributed by atoms with Crippen molar-refractivity contribution < 1.29 is 57.9 Å². The van der Waals surface area contributed by atoms with Gasteiger partial charge in [-0.15, -0.1) is 0 Å². The van der Waals surface area contributed by atoms with Crippen molar-refractivity contribution in [3.05, 3.63) is 11.4 Å². The summed E-state index contributed by atoms with van der Waals surface area (Å²) in [6.45, 7) is 25.7. The van der Waals surface area contributed by atoms with Gasteiger partial charge in [0, 0.05) is 58.8 Å². The fourth-order valence-corrected chi connectivity index (χ4v) is 27.4. The summed E-state index contributed by atoms with van der Waals surface area (Å²) in [7, 11) is 0. The number of carbonyl (C=O) groups is 5. The molecule has 0 amide bonds. The molecular formula is C73H109NO12. The summed E-state index contributed by atoms with van der Waals surface area (Å²) >= 11 is 0. The van der Waals surface area contributed by atoms with Gasteiger partial charge in [0.2, 0.25) is 6.04 Å². The molecule has 0 aliphatic heterocycles. The molecule has 478 valence electrons. The molecule has 0 aromatic heterocycles. The molecule has 0 saturated heterocycles. The van der Waals surface area contributed by atoms with Crippen molar-refractivity contribution in [3.8, 4) is 0 Å². The van der Waals surface area contributed by atoms with Gasteiger partial charge in [-0.2, -0.15) is 0 Å². The SMILES string of the molecule is CC(=O)OC1(C)CC2CC1C1C3CC(O)C(C3)C21.CC(=O)OC1(C)CC2CC1C1C3CCC(C3)C21.CCC1(OC(C)=O)CC2C3CC(O)C(C3)C2C1.CCC1(OC(C)=O)CC2C3CCC(C3)C2C1.[C-]#[N+]C1CC2CC1C1CC(CC)(OC(C)=O)CC21. The van der Waals surface area contributed by atoms with Crippen LogP contribution in [0.15, 0.2) is 0 Å². The quantitative estimate of drug-likeness (QED) is 0.102. The zero-order valence-electron chi connectivity index (χ0n) is 54.2. The average molecular weight is 1190 g/mol. The van der Waals surface area contributed by atoms with Gasteiger partial charge in [-0.25, -0.2) is 6.57 Å². The van der Waals surface area contributed by atoms with E-state index in [1.165, 1.54) is 91.4 Å². The smallest absolute Gasteiger partial charge is 0.303 e. The summed E-state index contributed by atoms with van der Waals surface area (Å²) in [5, 5.41) is 20.1. The summed E-state index contributed by atoms with van der Waals surface area (Å²) in [5.41, 5.74) is -0.866. The van der Waals surface area contributed by atoms with E-state index in [2.05, 4.69) is 39.5 Å². The third-order valence-corrected chi connectivity index (χ3v) is 29.7. The minimum Gasteiger partial charge on any atom is -0.459 e. The van der Waals surface area contributed by atoms with Gasteiger partial charge in [0.05, 0.1) is 12.2 Å². The van der Waals surface area contributed by atoms with E-state index in [1.807, 2.05) is 0 Å². The molecule has 31 unspecified atom stereocenters. The second-order valence-corrected chi connectivity index (χ2v) is 33.5. The molecule has 31 atom stereocenters. The Morgan fingerprint density at radius 3 is 1.21 bits per heavy atom. The van der Waals surface area contributed by atoms with Crippen molar-refractivity contribution in [2.24, 2.45) is 142 Å². The Bertz CT molecular complexity index is 2640. The number of esters is 5. The van der Waals surface area contributed by atoms with E-state index in [4.69, 9.17) is 30.3 Å². The third-order valence-electron chi connectivity index (χ3n) is 29.7. The molecule has 0 spiro atoms. The maximum Gasteiger partial charge on any atom is 0.303 e. The van der Waals surface area contributed by atoms with E-state index in [9.17, 15) is 34.2 Å². The Morgan fingerprint density at radius 2 is 0.733 bits per heavy atom. The standard InChI is InChI=1S/C15H21NO2.C15H22O3.C15H22O2.C14H22O3.C14H22O2/c1-4-15(18-9(2)17)7-12-10-5-11(13(12)8-15)14(6-10)16-3;1-7(16)18-15(2)6-9-4-11(15)14-8-3-10(13(9)14)12(17)5-8;1-8(16)17-15(2)7-11-6-12(15)14-10-4-3-9(5-10)13(11)14;1-3-14(17-8(2)15)6-11-9-4-10(12(11)7-14)13(16)5-9;1-3-14(16-9(2)15)7-12-10-4-5-11(6-10)13(12)8-14/h10-14H,4-8H2,1-2H3;8-14,17H,3-6H2,1-2H3;9-14H,3-7H2,1-2H3;9-13,16H,3-7H2,1-2H3;10-13H,3-8H2,1-2H3. The van der Waals surface area contributed by atoms with Crippen LogP contribution in [0.2, 0.25) is 0 Å². The summed E-state index contributed by atoms with van der Waals surface area (Å²) < 4.78 is 28.3. The van der Waals surface area contributed by atoms with E-state index < -0.39 is 0 Å². The maximum atomic E-state index is 11.3. The third kappa shape index (κ3) is 10.4. The summed E-state index contributed by atoms with van der Waals surface area (Å²) in [6.07, 6.45) is 29.3. The molecule has 17 fully saturated rings. The van der Waals surface area contributed by atoms with Gasteiger partial charge in [-0.05, 0) is 292 Å². The predicted octanol–water partition coefficient (Wildman–Crippen LogP) is 13.3. The number of rotatable bonds is 8. The number of aliphatic hydroxyl groups excluding tert-OH is 2. The number of fused-ring (bicyclic) bond motifs is 33. The number of hydrogen-bond acceptors (Lipinski definition) is 12. The van der Waals surface area contributed by atoms with Gasteiger partial charge in [-0.1, -0.05) is 20.8 Å². The molecule has 17 aliphatic rings. The fourth-order valence-electron chi connectivity index (χ4n) is 27.4. The first-order valence-electron chi connectivity index (χ1n) is 35.5. The second kappa shape index (κ2) is 22.6. The number of ether oxygens (including phenoxy) is 5. The van der Waals surface area contributed by atoms with Crippen LogP contribution in [0, 0.1) is 149 Å². The van der Waals surface area contributed by atoms with E-state index >= 15 is 0 Å². The van der Waals surface area contributed by atoms with E-state index in [-0.39, 0.29) is 76.1 Å². The molecule has 0 heterocycles. The molecule has 17 rings (SSSR count). The van der Waals surface area contributed by atoms with Crippen molar-refractivity contribution in [1.29, 1.82) is 0 Å². The molecular weight excluding hydrogens is 1080 g/mol. The highest BCUT2D eigenvalue weighted by Crippen LogP contribution is 2.72. The first-order chi connectivity index (χ1) is 40.8. The number of aliphatic hydroxyl groups is 2. The summed E-state index contributed by atoms with van der Waals surface area (Å²) in [4.78, 5) is 60.2. The van der Waals surface area contributed by atoms with Gasteiger partial charge in [-0.3, -0.25) is 24.0 Å². The molecule has 13 heteroatoms. The number of carbonyl (C=O) groups excluding carboxylic acids is 5. The number of nitrogens with zero attached hydrogens (tertiary/aromatic N) is 1. The fraction of sp³-hybridized carbons (Fsp3) is 0.918. The summed E-state index contributed by atoms with van der Waals surface area (Å²) in [6, 6.07) is 0.251. The van der Waals surface area contributed by atoms with Crippen LogP contribution in [-0.4, -0.2) is 86.3 Å². The zero-order valence-corrected chi connectivity index (χ0v) is 54.2. The Balaban J connectivity index is 0.0000000998. The van der Waals surface area contributed by atoms with E-state index in [0.717, 1.165) is 161 Å². The number of hydrogen-bond donors (Lipinski definition) is 2. The molecule has 14 bridgehead atoms. The molecule has 17 saturated carbocycles. The lowest BCUT2D eigenvalue weighted by molar-refractivity contribution is -0.167. The van der Waals surface area contributed by atoms with Crippen molar-refractivity contribution in [2.45, 2.75) is 276 Å². The van der Waals surface area contributed by atoms with Crippen molar-refractivity contribution in [1.82, 2.24) is 0 Å². The van der Waals surface area contributed by atoms with Crippen molar-refractivity contribution in [2.75, 3.05) is 0 Å². The van der Waals surface area contributed by atoms with Crippen molar-refractivity contribution >= 4 is 29.8 Å². The predicted molar refractivity (Wildman–Crippen MR) is 322 cm³/mol. The van der Waals surface area contributed by atoms with E-state index in [1.54, 1.807) is 13.8 Å². The van der Waals surface area contributed by atoms with Gasteiger partial charge in [0.1, 0.15) is 28.0 Å². The highest BCUT2D eigenvalue weighted by molar-refractivity contribution is 5.68. The lowest BCUT2D eigenvalue weighted by Crippen LogP contribution is -2.47. The van der Waals surface area contributed by atoms with Crippen LogP contribution >= 0.6 is 0 Å². The monoisotopic (exact) mass is 1190 g/mol. The minimum atomic E-state index is -0.220. The van der Waals surface area contributed by atoms with Crippen LogP contribution in [-0.2, 0) is 47.7 Å². The van der Waals surface area contributed by atoms with Crippen LogP contribution in [0.3, 0.4) is 0 Å². The molecule has 0 aromatic carbocycles. The largest absolute Gasteiger partial charge is 0.459 e. The van der Waals surface area contributed by atoms with Crippen LogP contribution in [0.25, 0.3) is 4.85 Å². The molecule has 13 nitrogen and oxygen atoms in total. The first-order valence-corrected chi connectivity index (χ1v) is 35.5. The van der Waals surface area contributed by atoms with Crippen LogP contribution < -0.4 is 0 Å². The normalized spacial score (nSPS) is 53.7. The molecule has 17 aliphatic carbocycles. The van der Waals surface area contributed by atoms with Crippen LogP contribution in [0.1, 0.15) is 230 Å². The topological polar surface area (TPSA) is 176 Å². The Morgan fingerprint density at radius 1 is 0.372 bits per heavy atom. The molecule has 0 radical (unpaired) electrons. The highest BCUT2D eigenvalue weighted by Gasteiger charge is 2.70. The molecule has 86 heavy (non-hydrogen) atoms. The first kappa shape index (κ1) is 61.6. The second-order valence-electron chi connectivity index (χ2n) is 33.5. The van der Waals surface area contributed by atoms with E-state index in [0.29, 0.717) is 71.0 Å². The summed E-state index contributed by atoms with van der Waals surface area (Å²) in [5.74, 6) is 17.6. The Labute approximate surface area is 515 Å². The maximum absolute atomic E-state index is 11.3. The average Bonchev–Trinajstić information content (AvgIpc) is 1.57. The lowest BCUT2D eigenvalue weighted by Gasteiger charge is -2.44. The highest BCUT2D eigenvalue weighted by atomic mass is 16.6. The minimum absolute atomic E-state index is 0.0458. The van der Waals surface area contributed by atoms with Gasteiger partial charge >= 0.3 is 29.8 Å². The molecule has 2 N–H and O–H groups in total. The lowest BCUT2D eigenvalue weighted by atomic mass is 9.65.